The van der Waals surface area contributed by atoms with Crippen LogP contribution in [0.25, 0.3) is 0 Å². The van der Waals surface area contributed by atoms with Gasteiger partial charge in [-0.05, 0) is 35.7 Å². The molecule has 1 atom stereocenters. The molecule has 96 valence electrons. The molecule has 1 saturated heterocycles. The van der Waals surface area contributed by atoms with Gasteiger partial charge in [0.25, 0.3) is 10.0 Å². The maximum atomic E-state index is 12.0. The number of sulfonamides is 1. The maximum Gasteiger partial charge on any atom is 0.252 e. The lowest BCUT2D eigenvalue weighted by Gasteiger charge is -2.10. The molecule has 0 bridgehead atoms. The number of hydrogen-bond donors (Lipinski definition) is 1. The molecular formula is C9H13BrN2O3S2. The number of nitrogens with zero attached hydrogens (tertiary/aromatic N) is 1. The van der Waals surface area contributed by atoms with E-state index in [1.165, 1.54) is 0 Å². The fourth-order valence-corrected chi connectivity index (χ4v) is 5.10. The number of nitrogens with one attached hydrogen (secondary N) is 1. The van der Waals surface area contributed by atoms with Gasteiger partial charge < -0.3 is 4.74 Å². The lowest BCUT2D eigenvalue weighted by atomic mass is 10.2. The van der Waals surface area contributed by atoms with Gasteiger partial charge in [0.05, 0.1) is 11.8 Å². The molecule has 2 heterocycles. The van der Waals surface area contributed by atoms with Crippen molar-refractivity contribution >= 4 is 37.3 Å². The quantitative estimate of drug-likeness (QED) is 0.905. The molecule has 0 amide bonds. The van der Waals surface area contributed by atoms with Crippen LogP contribution in [0.5, 0.6) is 0 Å². The summed E-state index contributed by atoms with van der Waals surface area (Å²) in [5.41, 5.74) is 0.515. The first-order valence-corrected chi connectivity index (χ1v) is 8.32. The fourth-order valence-electron chi connectivity index (χ4n) is 1.67. The van der Waals surface area contributed by atoms with Crippen LogP contribution < -0.4 is 4.72 Å². The molecule has 1 unspecified atom stereocenters. The largest absolute Gasteiger partial charge is 0.377 e. The SMILES string of the molecule is Cc1nc(Br)sc1S(=O)(=O)NCC1CCCO1. The summed E-state index contributed by atoms with van der Waals surface area (Å²) in [7, 11) is -3.46. The zero-order chi connectivity index (χ0) is 12.5. The third-order valence-electron chi connectivity index (χ3n) is 2.50. The molecule has 0 aromatic carbocycles. The fraction of sp³-hybridized carbons (Fsp3) is 0.667. The molecular weight excluding hydrogens is 328 g/mol. The summed E-state index contributed by atoms with van der Waals surface area (Å²) in [5, 5.41) is 0. The molecule has 1 aromatic heterocycles. The van der Waals surface area contributed by atoms with E-state index in [4.69, 9.17) is 4.74 Å². The molecule has 1 aromatic rings. The number of thiazole rings is 1. The summed E-state index contributed by atoms with van der Waals surface area (Å²) >= 11 is 4.30. The molecule has 0 aliphatic carbocycles. The first kappa shape index (κ1) is 13.4. The Labute approximate surface area is 113 Å². The highest BCUT2D eigenvalue weighted by molar-refractivity contribution is 9.11. The summed E-state index contributed by atoms with van der Waals surface area (Å²) in [6, 6.07) is 0. The van der Waals surface area contributed by atoms with Gasteiger partial charge in [-0.3, -0.25) is 0 Å². The van der Waals surface area contributed by atoms with Gasteiger partial charge in [0.15, 0.2) is 8.13 Å². The molecule has 1 aliphatic rings. The highest BCUT2D eigenvalue weighted by Gasteiger charge is 2.23. The van der Waals surface area contributed by atoms with E-state index in [9.17, 15) is 8.42 Å². The summed E-state index contributed by atoms with van der Waals surface area (Å²) in [5.74, 6) is 0. The van der Waals surface area contributed by atoms with Crippen molar-refractivity contribution in [2.24, 2.45) is 0 Å². The van der Waals surface area contributed by atoms with Crippen molar-refractivity contribution < 1.29 is 13.2 Å². The van der Waals surface area contributed by atoms with Gasteiger partial charge in [0, 0.05) is 13.2 Å². The van der Waals surface area contributed by atoms with Crippen molar-refractivity contribution in [2.75, 3.05) is 13.2 Å². The average molecular weight is 341 g/mol. The number of aromatic nitrogens is 1. The van der Waals surface area contributed by atoms with E-state index in [0.717, 1.165) is 30.8 Å². The Morgan fingerprint density at radius 1 is 1.65 bits per heavy atom. The topological polar surface area (TPSA) is 68.3 Å². The molecule has 1 N–H and O–H groups in total. The second-order valence-electron chi connectivity index (χ2n) is 3.83. The highest BCUT2D eigenvalue weighted by Crippen LogP contribution is 2.27. The van der Waals surface area contributed by atoms with E-state index in [2.05, 4.69) is 25.6 Å². The molecule has 8 heteroatoms. The van der Waals surface area contributed by atoms with Gasteiger partial charge in [-0.25, -0.2) is 18.1 Å². The van der Waals surface area contributed by atoms with Crippen molar-refractivity contribution in [3.63, 3.8) is 0 Å². The maximum absolute atomic E-state index is 12.0. The Balaban J connectivity index is 2.05. The third kappa shape index (κ3) is 3.25. The average Bonchev–Trinajstić information content (AvgIpc) is 2.85. The number of rotatable bonds is 4. The van der Waals surface area contributed by atoms with Crippen molar-refractivity contribution in [1.29, 1.82) is 0 Å². The minimum Gasteiger partial charge on any atom is -0.377 e. The van der Waals surface area contributed by atoms with Crippen LogP contribution >= 0.6 is 27.3 Å². The van der Waals surface area contributed by atoms with Crippen LogP contribution in [0.2, 0.25) is 0 Å². The molecule has 0 spiro atoms. The Morgan fingerprint density at radius 2 is 2.41 bits per heavy atom. The minimum atomic E-state index is -3.46. The molecule has 2 rings (SSSR count). The Morgan fingerprint density at radius 3 is 2.94 bits per heavy atom. The monoisotopic (exact) mass is 340 g/mol. The first-order valence-electron chi connectivity index (χ1n) is 5.23. The number of hydrogen-bond acceptors (Lipinski definition) is 5. The molecule has 1 aliphatic heterocycles. The lowest BCUT2D eigenvalue weighted by Crippen LogP contribution is -2.31. The van der Waals surface area contributed by atoms with Crippen LogP contribution in [0, 0.1) is 6.92 Å². The smallest absolute Gasteiger partial charge is 0.252 e. The minimum absolute atomic E-state index is 0.00134. The van der Waals surface area contributed by atoms with Gasteiger partial charge in [-0.1, -0.05) is 11.3 Å². The van der Waals surface area contributed by atoms with Gasteiger partial charge in [0.1, 0.15) is 0 Å². The van der Waals surface area contributed by atoms with E-state index in [1.807, 2.05) is 0 Å². The zero-order valence-electron chi connectivity index (χ0n) is 9.27. The van der Waals surface area contributed by atoms with Crippen molar-refractivity contribution in [2.45, 2.75) is 30.1 Å². The predicted molar refractivity (Wildman–Crippen MR) is 68.7 cm³/mol. The van der Waals surface area contributed by atoms with Crippen LogP contribution in [-0.2, 0) is 14.8 Å². The molecule has 17 heavy (non-hydrogen) atoms. The van der Waals surface area contributed by atoms with Crippen LogP contribution in [0.3, 0.4) is 0 Å². The number of aryl methyl sites for hydroxylation is 1. The summed E-state index contributed by atoms with van der Waals surface area (Å²) < 4.78 is 32.8. The Hall–Kier alpha value is -0.0200. The van der Waals surface area contributed by atoms with E-state index in [-0.39, 0.29) is 10.3 Å². The zero-order valence-corrected chi connectivity index (χ0v) is 12.5. The van der Waals surface area contributed by atoms with Gasteiger partial charge in [0.2, 0.25) is 0 Å². The van der Waals surface area contributed by atoms with E-state index >= 15 is 0 Å². The normalized spacial score (nSPS) is 20.9. The number of ether oxygens (including phenoxy) is 1. The number of halogens is 1. The third-order valence-corrected chi connectivity index (χ3v) is 6.14. The Kier molecular flexibility index (Phi) is 4.19. The van der Waals surface area contributed by atoms with E-state index in [0.29, 0.717) is 16.2 Å². The molecule has 5 nitrogen and oxygen atoms in total. The van der Waals surface area contributed by atoms with Gasteiger partial charge in [-0.2, -0.15) is 0 Å². The molecule has 1 fully saturated rings. The predicted octanol–water partition coefficient (Wildman–Crippen LogP) is 1.67. The van der Waals surface area contributed by atoms with Crippen LogP contribution in [0.15, 0.2) is 8.13 Å². The standard InChI is InChI=1S/C9H13BrN2O3S2/c1-6-8(16-9(10)12-6)17(13,14)11-5-7-3-2-4-15-7/h7,11H,2-5H2,1H3. The van der Waals surface area contributed by atoms with Gasteiger partial charge >= 0.3 is 0 Å². The van der Waals surface area contributed by atoms with Crippen molar-refractivity contribution in [3.05, 3.63) is 9.61 Å². The van der Waals surface area contributed by atoms with Crippen LogP contribution in [-0.4, -0.2) is 32.7 Å². The van der Waals surface area contributed by atoms with Gasteiger partial charge in [-0.15, -0.1) is 0 Å². The van der Waals surface area contributed by atoms with Crippen LogP contribution in [0.4, 0.5) is 0 Å². The molecule has 0 saturated carbocycles. The summed E-state index contributed by atoms with van der Waals surface area (Å²) in [6.45, 7) is 2.73. The Bertz CT molecular complexity index is 494. The summed E-state index contributed by atoms with van der Waals surface area (Å²) in [4.78, 5) is 4.04. The lowest BCUT2D eigenvalue weighted by molar-refractivity contribution is 0.114. The van der Waals surface area contributed by atoms with Crippen LogP contribution in [0.1, 0.15) is 18.5 Å². The second kappa shape index (κ2) is 5.31. The first-order chi connectivity index (χ1) is 7.99. The highest BCUT2D eigenvalue weighted by atomic mass is 79.9. The second-order valence-corrected chi connectivity index (χ2v) is 8.06. The van der Waals surface area contributed by atoms with Crippen molar-refractivity contribution in [1.82, 2.24) is 9.71 Å². The summed E-state index contributed by atoms with van der Waals surface area (Å²) in [6.07, 6.45) is 1.91. The molecule has 0 radical (unpaired) electrons. The van der Waals surface area contributed by atoms with Crippen molar-refractivity contribution in [3.8, 4) is 0 Å². The van der Waals surface area contributed by atoms with E-state index in [1.54, 1.807) is 6.92 Å². The van der Waals surface area contributed by atoms with E-state index < -0.39 is 10.0 Å².